The summed E-state index contributed by atoms with van der Waals surface area (Å²) in [5.74, 6) is 2.35. The molecule has 4 nitrogen and oxygen atoms in total. The largest absolute Gasteiger partial charge is 0.494 e. The van der Waals surface area contributed by atoms with E-state index >= 15 is 0 Å². The third-order valence-electron chi connectivity index (χ3n) is 1.43. The molecule has 0 fully saturated rings. The lowest BCUT2D eigenvalue weighted by atomic mass is 10.4. The molecule has 0 saturated heterocycles. The van der Waals surface area contributed by atoms with Gasteiger partial charge in [0.05, 0.1) is 0 Å². The van der Waals surface area contributed by atoms with Crippen LogP contribution in [0.25, 0.3) is 0 Å². The van der Waals surface area contributed by atoms with Crippen LogP contribution in [0.4, 0.5) is 0 Å². The van der Waals surface area contributed by atoms with E-state index in [-0.39, 0.29) is 11.7 Å². The molecule has 0 spiro atoms. The molecule has 1 amide bonds. The first kappa shape index (κ1) is 9.46. The monoisotopic (exact) mass is 181 g/mol. The number of terminal acetylenes is 1. The zero-order valence-corrected chi connectivity index (χ0v) is 7.21. The summed E-state index contributed by atoms with van der Waals surface area (Å²) < 4.78 is 9.96. The lowest BCUT2D eigenvalue weighted by Gasteiger charge is -2.14. The molecule has 0 aliphatic carbocycles. The van der Waals surface area contributed by atoms with Crippen molar-refractivity contribution in [2.24, 2.45) is 0 Å². The molecule has 0 bridgehead atoms. The fourth-order valence-electron chi connectivity index (χ4n) is 0.823. The highest BCUT2D eigenvalue weighted by atomic mass is 16.6. The SMILES string of the molecule is C#CCCNC(=O)C1=COCCO1. The average Bonchev–Trinajstić information content (AvgIpc) is 2.19. The minimum absolute atomic E-state index is 0.211. The maximum absolute atomic E-state index is 11.2. The second-order valence-corrected chi connectivity index (χ2v) is 2.41. The van der Waals surface area contributed by atoms with Gasteiger partial charge in [-0.15, -0.1) is 12.3 Å². The molecule has 0 aromatic rings. The summed E-state index contributed by atoms with van der Waals surface area (Å²) in [5, 5.41) is 2.60. The minimum atomic E-state index is -0.282. The average molecular weight is 181 g/mol. The predicted molar refractivity (Wildman–Crippen MR) is 46.4 cm³/mol. The molecule has 0 saturated carbocycles. The zero-order valence-electron chi connectivity index (χ0n) is 7.21. The third-order valence-corrected chi connectivity index (χ3v) is 1.43. The number of amides is 1. The molecule has 1 aliphatic rings. The molecular formula is C9H11NO3. The highest BCUT2D eigenvalue weighted by Gasteiger charge is 2.13. The number of nitrogens with one attached hydrogen (secondary N) is 1. The Bertz CT molecular complexity index is 252. The standard InChI is InChI=1S/C9H11NO3/c1-2-3-4-10-9(11)8-7-12-5-6-13-8/h1,7H,3-6H2,(H,10,11). The van der Waals surface area contributed by atoms with Crippen LogP contribution in [0.3, 0.4) is 0 Å². The van der Waals surface area contributed by atoms with E-state index in [2.05, 4.69) is 11.2 Å². The van der Waals surface area contributed by atoms with Crippen molar-refractivity contribution in [3.63, 3.8) is 0 Å². The molecule has 1 rings (SSSR count). The Hall–Kier alpha value is -1.63. The van der Waals surface area contributed by atoms with Crippen LogP contribution in [0.15, 0.2) is 12.0 Å². The van der Waals surface area contributed by atoms with Crippen LogP contribution in [0.5, 0.6) is 0 Å². The molecule has 0 unspecified atom stereocenters. The highest BCUT2D eigenvalue weighted by Crippen LogP contribution is 2.03. The van der Waals surface area contributed by atoms with Crippen molar-refractivity contribution in [3.8, 4) is 12.3 Å². The Labute approximate surface area is 76.9 Å². The molecule has 0 radical (unpaired) electrons. The van der Waals surface area contributed by atoms with E-state index in [1.54, 1.807) is 0 Å². The van der Waals surface area contributed by atoms with Crippen molar-refractivity contribution in [2.75, 3.05) is 19.8 Å². The first-order valence-electron chi connectivity index (χ1n) is 4.01. The van der Waals surface area contributed by atoms with Gasteiger partial charge in [-0.05, 0) is 0 Å². The van der Waals surface area contributed by atoms with E-state index in [0.29, 0.717) is 26.2 Å². The Kier molecular flexibility index (Phi) is 3.71. The summed E-state index contributed by atoms with van der Waals surface area (Å²) in [6.07, 6.45) is 6.85. The summed E-state index contributed by atoms with van der Waals surface area (Å²) in [4.78, 5) is 11.2. The van der Waals surface area contributed by atoms with Gasteiger partial charge in [0, 0.05) is 13.0 Å². The molecule has 0 aromatic carbocycles. The first-order valence-corrected chi connectivity index (χ1v) is 4.01. The molecule has 13 heavy (non-hydrogen) atoms. The zero-order chi connectivity index (χ0) is 9.52. The second kappa shape index (κ2) is 5.09. The number of hydrogen-bond donors (Lipinski definition) is 1. The summed E-state index contributed by atoms with van der Waals surface area (Å²) in [6, 6.07) is 0. The fourth-order valence-corrected chi connectivity index (χ4v) is 0.823. The second-order valence-electron chi connectivity index (χ2n) is 2.41. The summed E-state index contributed by atoms with van der Waals surface area (Å²) in [7, 11) is 0. The van der Waals surface area contributed by atoms with Crippen molar-refractivity contribution in [1.29, 1.82) is 0 Å². The van der Waals surface area contributed by atoms with Crippen molar-refractivity contribution in [2.45, 2.75) is 6.42 Å². The van der Waals surface area contributed by atoms with E-state index < -0.39 is 0 Å². The Morgan fingerprint density at radius 2 is 2.54 bits per heavy atom. The van der Waals surface area contributed by atoms with Gasteiger partial charge >= 0.3 is 0 Å². The summed E-state index contributed by atoms with van der Waals surface area (Å²) >= 11 is 0. The minimum Gasteiger partial charge on any atom is -0.494 e. The van der Waals surface area contributed by atoms with E-state index in [1.165, 1.54) is 6.26 Å². The van der Waals surface area contributed by atoms with Crippen LogP contribution < -0.4 is 5.32 Å². The normalized spacial score (nSPS) is 14.5. The molecule has 4 heteroatoms. The van der Waals surface area contributed by atoms with Crippen LogP contribution in [-0.2, 0) is 14.3 Å². The predicted octanol–water partition coefficient (Wildman–Crippen LogP) is 0.0141. The number of carbonyl (C=O) groups excluding carboxylic acids is 1. The lowest BCUT2D eigenvalue weighted by molar-refractivity contribution is -0.122. The smallest absolute Gasteiger partial charge is 0.289 e. The van der Waals surface area contributed by atoms with Crippen LogP contribution in [-0.4, -0.2) is 25.7 Å². The van der Waals surface area contributed by atoms with Gasteiger partial charge < -0.3 is 14.8 Å². The van der Waals surface area contributed by atoms with E-state index in [4.69, 9.17) is 15.9 Å². The van der Waals surface area contributed by atoms with Crippen LogP contribution >= 0.6 is 0 Å². The molecular weight excluding hydrogens is 170 g/mol. The summed E-state index contributed by atoms with van der Waals surface area (Å²) in [5.41, 5.74) is 0. The topological polar surface area (TPSA) is 47.6 Å². The van der Waals surface area contributed by atoms with Gasteiger partial charge in [0.25, 0.3) is 5.91 Å². The highest BCUT2D eigenvalue weighted by molar-refractivity contribution is 5.91. The number of carbonyl (C=O) groups is 1. The van der Waals surface area contributed by atoms with Crippen molar-refractivity contribution < 1.29 is 14.3 Å². The van der Waals surface area contributed by atoms with Crippen LogP contribution in [0, 0.1) is 12.3 Å². The molecule has 0 atom stereocenters. The molecule has 1 heterocycles. The summed E-state index contributed by atoms with van der Waals surface area (Å²) in [6.45, 7) is 1.35. The Morgan fingerprint density at radius 3 is 3.15 bits per heavy atom. The third kappa shape index (κ3) is 3.08. The van der Waals surface area contributed by atoms with E-state index in [1.807, 2.05) is 0 Å². The number of rotatable bonds is 3. The quantitative estimate of drug-likeness (QED) is 0.493. The van der Waals surface area contributed by atoms with Crippen LogP contribution in [0.2, 0.25) is 0 Å². The van der Waals surface area contributed by atoms with Crippen molar-refractivity contribution >= 4 is 5.91 Å². The lowest BCUT2D eigenvalue weighted by Crippen LogP contribution is -2.29. The van der Waals surface area contributed by atoms with Crippen LogP contribution in [0.1, 0.15) is 6.42 Å². The Balaban J connectivity index is 2.30. The van der Waals surface area contributed by atoms with E-state index in [9.17, 15) is 4.79 Å². The molecule has 0 aromatic heterocycles. The van der Waals surface area contributed by atoms with Gasteiger partial charge in [-0.1, -0.05) is 0 Å². The fraction of sp³-hybridized carbons (Fsp3) is 0.444. The van der Waals surface area contributed by atoms with Crippen molar-refractivity contribution in [3.05, 3.63) is 12.0 Å². The maximum Gasteiger partial charge on any atom is 0.289 e. The number of ether oxygens (including phenoxy) is 2. The van der Waals surface area contributed by atoms with Crippen molar-refractivity contribution in [1.82, 2.24) is 5.32 Å². The number of hydrogen-bond acceptors (Lipinski definition) is 3. The molecule has 1 aliphatic heterocycles. The van der Waals surface area contributed by atoms with Gasteiger partial charge in [0.1, 0.15) is 19.5 Å². The van der Waals surface area contributed by atoms with E-state index in [0.717, 1.165) is 0 Å². The van der Waals surface area contributed by atoms with Gasteiger partial charge in [-0.25, -0.2) is 0 Å². The van der Waals surface area contributed by atoms with Gasteiger partial charge in [-0.2, -0.15) is 0 Å². The Morgan fingerprint density at radius 1 is 1.69 bits per heavy atom. The van der Waals surface area contributed by atoms with Gasteiger partial charge in [0.15, 0.2) is 0 Å². The van der Waals surface area contributed by atoms with Gasteiger partial charge in [0.2, 0.25) is 5.76 Å². The van der Waals surface area contributed by atoms with Gasteiger partial charge in [-0.3, -0.25) is 4.79 Å². The molecule has 70 valence electrons. The molecule has 1 N–H and O–H groups in total. The maximum atomic E-state index is 11.2. The first-order chi connectivity index (χ1) is 6.34.